The summed E-state index contributed by atoms with van der Waals surface area (Å²) in [5, 5.41) is 2.95. The van der Waals surface area contributed by atoms with Crippen LogP contribution in [-0.2, 0) is 16.5 Å². The van der Waals surface area contributed by atoms with Gasteiger partial charge in [-0.3, -0.25) is 0 Å². The molecular formula is C14H15NiP. The van der Waals surface area contributed by atoms with Gasteiger partial charge in [0.1, 0.15) is 0 Å². The average Bonchev–Trinajstić information content (AvgIpc) is 2.33. The van der Waals surface area contributed by atoms with E-state index in [1.807, 2.05) is 0 Å². The first-order chi connectivity index (χ1) is 7.42. The molecule has 0 aromatic heterocycles. The van der Waals surface area contributed by atoms with Crippen LogP contribution in [0.4, 0.5) is 0 Å². The molecule has 0 saturated heterocycles. The molecule has 0 amide bonds. The van der Waals surface area contributed by atoms with Gasteiger partial charge in [-0.15, -0.1) is 0 Å². The molecular weight excluding hydrogens is 258 g/mol. The number of benzene rings is 2. The fourth-order valence-electron chi connectivity index (χ4n) is 1.73. The molecule has 2 rings (SSSR count). The zero-order chi connectivity index (χ0) is 10.5. The molecule has 0 bridgehead atoms. The van der Waals surface area contributed by atoms with Gasteiger partial charge in [0.05, 0.1) is 0 Å². The van der Waals surface area contributed by atoms with E-state index in [9.17, 15) is 0 Å². The van der Waals surface area contributed by atoms with Gasteiger partial charge in [0.2, 0.25) is 0 Å². The molecule has 0 unspecified atom stereocenters. The Morgan fingerprint density at radius 2 is 1.12 bits per heavy atom. The van der Waals surface area contributed by atoms with Crippen LogP contribution in [0.2, 0.25) is 0 Å². The third-order valence-corrected chi connectivity index (χ3v) is 4.93. The molecule has 0 saturated carbocycles. The van der Waals surface area contributed by atoms with Crippen LogP contribution >= 0.6 is 7.92 Å². The Kier molecular flexibility index (Phi) is 5.74. The molecule has 2 heteroatoms. The topological polar surface area (TPSA) is 0 Å². The van der Waals surface area contributed by atoms with Crippen molar-refractivity contribution in [3.63, 3.8) is 0 Å². The molecule has 0 atom stereocenters. The van der Waals surface area contributed by atoms with Crippen LogP contribution < -0.4 is 10.6 Å². The van der Waals surface area contributed by atoms with E-state index in [1.165, 1.54) is 16.8 Å². The van der Waals surface area contributed by atoms with Gasteiger partial charge >= 0.3 is 0 Å². The molecule has 0 N–H and O–H groups in total. The van der Waals surface area contributed by atoms with Crippen molar-refractivity contribution in [1.82, 2.24) is 0 Å². The van der Waals surface area contributed by atoms with Crippen LogP contribution in [0, 0.1) is 0 Å². The Bertz CT molecular complexity index is 360. The van der Waals surface area contributed by atoms with Crippen LogP contribution in [0.5, 0.6) is 0 Å². The zero-order valence-corrected chi connectivity index (χ0v) is 11.1. The summed E-state index contributed by atoms with van der Waals surface area (Å²) in [5.41, 5.74) is 0. The SMILES string of the molecule is CCP(c1ccccc1)c1ccccc1.[Ni]. The van der Waals surface area contributed by atoms with Crippen molar-refractivity contribution in [1.29, 1.82) is 0 Å². The van der Waals surface area contributed by atoms with Crippen molar-refractivity contribution in [3.05, 3.63) is 60.7 Å². The van der Waals surface area contributed by atoms with Crippen molar-refractivity contribution in [3.8, 4) is 0 Å². The standard InChI is InChI=1S/C14H15P.Ni/c1-2-15(13-9-5-3-6-10-13)14-11-7-4-8-12-14;/h3-12H,2H2,1H3;. The molecule has 0 nitrogen and oxygen atoms in total. The minimum Gasteiger partial charge on any atom is -0.0622 e. The van der Waals surface area contributed by atoms with Crippen LogP contribution in [-0.4, -0.2) is 6.16 Å². The summed E-state index contributed by atoms with van der Waals surface area (Å²) in [6, 6.07) is 21.6. The summed E-state index contributed by atoms with van der Waals surface area (Å²) in [6.45, 7) is 2.27. The van der Waals surface area contributed by atoms with Gasteiger partial charge < -0.3 is 0 Å². The maximum atomic E-state index is 2.27. The van der Waals surface area contributed by atoms with E-state index < -0.39 is 0 Å². The van der Waals surface area contributed by atoms with Gasteiger partial charge in [0.15, 0.2) is 0 Å². The molecule has 0 aliphatic carbocycles. The van der Waals surface area contributed by atoms with E-state index in [-0.39, 0.29) is 24.4 Å². The van der Waals surface area contributed by atoms with Gasteiger partial charge in [-0.2, -0.15) is 0 Å². The second kappa shape index (κ2) is 6.84. The third-order valence-electron chi connectivity index (χ3n) is 2.45. The number of hydrogen-bond acceptors (Lipinski definition) is 0. The molecule has 2 aromatic rings. The first-order valence-electron chi connectivity index (χ1n) is 5.29. The molecule has 0 radical (unpaired) electrons. The second-order valence-electron chi connectivity index (χ2n) is 3.42. The molecule has 0 fully saturated rings. The molecule has 2 aromatic carbocycles. The fraction of sp³-hybridized carbons (Fsp3) is 0.143. The fourth-order valence-corrected chi connectivity index (χ4v) is 3.82. The van der Waals surface area contributed by atoms with Gasteiger partial charge in [0, 0.05) is 16.5 Å². The largest absolute Gasteiger partial charge is 0.0622 e. The smallest absolute Gasteiger partial charge is 0 e. The van der Waals surface area contributed by atoms with E-state index in [1.54, 1.807) is 0 Å². The molecule has 16 heavy (non-hydrogen) atoms. The van der Waals surface area contributed by atoms with E-state index in [2.05, 4.69) is 67.6 Å². The molecule has 0 aliphatic heterocycles. The zero-order valence-electron chi connectivity index (χ0n) is 9.24. The van der Waals surface area contributed by atoms with Crippen molar-refractivity contribution in [2.24, 2.45) is 0 Å². The Morgan fingerprint density at radius 3 is 1.44 bits per heavy atom. The predicted molar refractivity (Wildman–Crippen MR) is 69.6 cm³/mol. The van der Waals surface area contributed by atoms with Crippen LogP contribution in [0.15, 0.2) is 60.7 Å². The van der Waals surface area contributed by atoms with Gasteiger partial charge in [-0.05, 0) is 24.7 Å². The monoisotopic (exact) mass is 272 g/mol. The van der Waals surface area contributed by atoms with Crippen molar-refractivity contribution < 1.29 is 16.5 Å². The van der Waals surface area contributed by atoms with Crippen LogP contribution in [0.25, 0.3) is 0 Å². The summed E-state index contributed by atoms with van der Waals surface area (Å²) in [7, 11) is -0.149. The quantitative estimate of drug-likeness (QED) is 0.595. The summed E-state index contributed by atoms with van der Waals surface area (Å²) in [4.78, 5) is 0. The summed E-state index contributed by atoms with van der Waals surface area (Å²) >= 11 is 0. The minimum absolute atomic E-state index is 0. The number of hydrogen-bond donors (Lipinski definition) is 0. The first kappa shape index (κ1) is 13.4. The van der Waals surface area contributed by atoms with E-state index >= 15 is 0 Å². The Labute approximate surface area is 109 Å². The normalized spacial score (nSPS) is 9.88. The summed E-state index contributed by atoms with van der Waals surface area (Å²) < 4.78 is 0. The number of rotatable bonds is 3. The van der Waals surface area contributed by atoms with Crippen molar-refractivity contribution in [2.75, 3.05) is 6.16 Å². The molecule has 0 heterocycles. The van der Waals surface area contributed by atoms with Crippen LogP contribution in [0.3, 0.4) is 0 Å². The van der Waals surface area contributed by atoms with E-state index in [0.29, 0.717) is 0 Å². The van der Waals surface area contributed by atoms with E-state index in [4.69, 9.17) is 0 Å². The van der Waals surface area contributed by atoms with Gasteiger partial charge in [-0.25, -0.2) is 0 Å². The summed E-state index contributed by atoms with van der Waals surface area (Å²) in [6.07, 6.45) is 1.21. The maximum absolute atomic E-state index is 2.27. The second-order valence-corrected chi connectivity index (χ2v) is 5.94. The Balaban J connectivity index is 0.00000128. The third kappa shape index (κ3) is 3.18. The first-order valence-corrected chi connectivity index (χ1v) is 6.82. The summed E-state index contributed by atoms with van der Waals surface area (Å²) in [5.74, 6) is 0. The average molecular weight is 273 g/mol. The Hall–Kier alpha value is -0.636. The van der Waals surface area contributed by atoms with Gasteiger partial charge in [0.25, 0.3) is 0 Å². The van der Waals surface area contributed by atoms with Crippen molar-refractivity contribution in [2.45, 2.75) is 6.92 Å². The van der Waals surface area contributed by atoms with E-state index in [0.717, 1.165) is 0 Å². The minimum atomic E-state index is -0.149. The van der Waals surface area contributed by atoms with Gasteiger partial charge in [-0.1, -0.05) is 67.6 Å². The predicted octanol–water partition coefficient (Wildman–Crippen LogP) is 3.14. The van der Waals surface area contributed by atoms with Crippen LogP contribution in [0.1, 0.15) is 6.92 Å². The molecule has 86 valence electrons. The maximum Gasteiger partial charge on any atom is 0 e. The molecule has 0 aliphatic rings. The Morgan fingerprint density at radius 1 is 0.750 bits per heavy atom. The molecule has 0 spiro atoms. The van der Waals surface area contributed by atoms with Crippen molar-refractivity contribution >= 4 is 18.5 Å².